The smallest absolute Gasteiger partial charge is 0.235 e. The van der Waals surface area contributed by atoms with Crippen LogP contribution in [0.15, 0.2) is 53.7 Å². The molecule has 0 saturated carbocycles. The van der Waals surface area contributed by atoms with Crippen LogP contribution in [0, 0.1) is 0 Å². The van der Waals surface area contributed by atoms with Crippen molar-refractivity contribution in [3.05, 3.63) is 54.1 Å². The van der Waals surface area contributed by atoms with Crippen LogP contribution in [0.5, 0.6) is 11.5 Å². The second-order valence-electron chi connectivity index (χ2n) is 7.74. The number of aromatic nitrogens is 3. The third-order valence-electron chi connectivity index (χ3n) is 5.57. The van der Waals surface area contributed by atoms with Crippen LogP contribution in [0.3, 0.4) is 0 Å². The maximum Gasteiger partial charge on any atom is 0.235 e. The Hall–Kier alpha value is -3.00. The number of hydrogen-bond acceptors (Lipinski definition) is 6. The molecule has 0 bridgehead atoms. The Bertz CT molecular complexity index is 1080. The Kier molecular flexibility index (Phi) is 5.55. The molecule has 160 valence electrons. The summed E-state index contributed by atoms with van der Waals surface area (Å²) in [6.07, 6.45) is 2.17. The molecule has 3 heterocycles. The van der Waals surface area contributed by atoms with Gasteiger partial charge in [0.2, 0.25) is 12.7 Å². The third kappa shape index (κ3) is 4.12. The number of fused-ring (bicyclic) bond motifs is 1. The highest BCUT2D eigenvalue weighted by molar-refractivity contribution is 8.00. The predicted molar refractivity (Wildman–Crippen MR) is 118 cm³/mol. The van der Waals surface area contributed by atoms with Gasteiger partial charge >= 0.3 is 0 Å². The van der Waals surface area contributed by atoms with Crippen molar-refractivity contribution in [1.29, 1.82) is 0 Å². The first-order valence-corrected chi connectivity index (χ1v) is 11.4. The first kappa shape index (κ1) is 19.9. The number of carbonyl (C=O) groups is 1. The number of amides is 1. The van der Waals surface area contributed by atoms with Crippen molar-refractivity contribution in [1.82, 2.24) is 19.7 Å². The predicted octanol–water partition coefficient (Wildman–Crippen LogP) is 3.83. The van der Waals surface area contributed by atoms with E-state index in [1.807, 2.05) is 60.4 Å². The van der Waals surface area contributed by atoms with E-state index >= 15 is 0 Å². The summed E-state index contributed by atoms with van der Waals surface area (Å²) in [5.74, 6) is 2.46. The number of thioether (sulfide) groups is 1. The van der Waals surface area contributed by atoms with Crippen molar-refractivity contribution in [2.24, 2.45) is 0 Å². The molecule has 0 aliphatic carbocycles. The number of hydrogen-bond donors (Lipinski definition) is 0. The molecular formula is C23H24N4O3S. The highest BCUT2D eigenvalue weighted by atomic mass is 32.2. The fraction of sp³-hybridized carbons (Fsp3) is 0.348. The van der Waals surface area contributed by atoms with Gasteiger partial charge in [-0.3, -0.25) is 9.36 Å². The quantitative estimate of drug-likeness (QED) is 0.547. The molecule has 0 radical (unpaired) electrons. The van der Waals surface area contributed by atoms with Crippen molar-refractivity contribution in [3.8, 4) is 22.9 Å². The van der Waals surface area contributed by atoms with Gasteiger partial charge in [0.25, 0.3) is 0 Å². The molecule has 7 nitrogen and oxygen atoms in total. The van der Waals surface area contributed by atoms with E-state index in [4.69, 9.17) is 9.47 Å². The Morgan fingerprint density at radius 3 is 2.65 bits per heavy atom. The monoisotopic (exact) mass is 436 g/mol. The zero-order chi connectivity index (χ0) is 21.2. The van der Waals surface area contributed by atoms with Crippen molar-refractivity contribution in [2.75, 3.05) is 19.9 Å². The molecule has 0 N–H and O–H groups in total. The van der Waals surface area contributed by atoms with Crippen molar-refractivity contribution in [3.63, 3.8) is 0 Å². The summed E-state index contributed by atoms with van der Waals surface area (Å²) in [6, 6.07) is 15.9. The molecule has 2 aliphatic heterocycles. The van der Waals surface area contributed by atoms with E-state index in [1.165, 1.54) is 11.8 Å². The van der Waals surface area contributed by atoms with Crippen molar-refractivity contribution >= 4 is 17.7 Å². The lowest BCUT2D eigenvalue weighted by Gasteiger charge is -2.20. The van der Waals surface area contributed by atoms with E-state index < -0.39 is 0 Å². The number of benzene rings is 2. The third-order valence-corrected chi connectivity index (χ3v) is 6.64. The lowest BCUT2D eigenvalue weighted by molar-refractivity contribution is -0.129. The van der Waals surface area contributed by atoms with Gasteiger partial charge in [-0.1, -0.05) is 48.2 Å². The first-order valence-electron chi connectivity index (χ1n) is 10.5. The SMILES string of the molecule is CC(Sc1nnc(-c2ccccc2)n1Cc1ccc2c(c1)OCO2)C(=O)N1CCCC1. The zero-order valence-corrected chi connectivity index (χ0v) is 18.2. The molecule has 1 saturated heterocycles. The number of likely N-dealkylation sites (tertiary alicyclic amines) is 1. The molecule has 5 rings (SSSR count). The van der Waals surface area contributed by atoms with Crippen LogP contribution in [0.2, 0.25) is 0 Å². The molecule has 1 amide bonds. The standard InChI is InChI=1S/C23H24N4O3S/c1-16(22(28)26-11-5-6-12-26)31-23-25-24-21(18-7-3-2-4-8-18)27(23)14-17-9-10-19-20(13-17)30-15-29-19/h2-4,7-10,13,16H,5-6,11-12,14-15H2,1H3. The highest BCUT2D eigenvalue weighted by Crippen LogP contribution is 2.34. The average molecular weight is 437 g/mol. The highest BCUT2D eigenvalue weighted by Gasteiger charge is 2.26. The van der Waals surface area contributed by atoms with Gasteiger partial charge in [-0.05, 0) is 37.5 Å². The Labute approximate surface area is 185 Å². The van der Waals surface area contributed by atoms with Gasteiger partial charge in [-0.25, -0.2) is 0 Å². The molecule has 2 aliphatic rings. The largest absolute Gasteiger partial charge is 0.454 e. The second-order valence-corrected chi connectivity index (χ2v) is 9.05. The molecular weight excluding hydrogens is 412 g/mol. The van der Waals surface area contributed by atoms with Crippen LogP contribution in [-0.4, -0.2) is 50.7 Å². The topological polar surface area (TPSA) is 69.5 Å². The van der Waals surface area contributed by atoms with Crippen LogP contribution in [0.25, 0.3) is 11.4 Å². The molecule has 8 heteroatoms. The molecule has 31 heavy (non-hydrogen) atoms. The summed E-state index contributed by atoms with van der Waals surface area (Å²) in [5, 5.41) is 9.45. The number of carbonyl (C=O) groups excluding carboxylic acids is 1. The summed E-state index contributed by atoms with van der Waals surface area (Å²) in [5.41, 5.74) is 2.04. The van der Waals surface area contributed by atoms with Crippen molar-refractivity contribution in [2.45, 2.75) is 36.7 Å². The van der Waals surface area contributed by atoms with Crippen LogP contribution >= 0.6 is 11.8 Å². The molecule has 3 aromatic rings. The average Bonchev–Trinajstić information content (AvgIpc) is 3.55. The van der Waals surface area contributed by atoms with Gasteiger partial charge in [-0.2, -0.15) is 0 Å². The molecule has 1 atom stereocenters. The summed E-state index contributed by atoms with van der Waals surface area (Å²) >= 11 is 1.47. The van der Waals surface area contributed by atoms with Gasteiger partial charge in [0.05, 0.1) is 11.8 Å². The summed E-state index contributed by atoms with van der Waals surface area (Å²) in [7, 11) is 0. The first-order chi connectivity index (χ1) is 15.2. The second kappa shape index (κ2) is 8.63. The van der Waals surface area contributed by atoms with E-state index in [1.54, 1.807) is 0 Å². The summed E-state index contributed by atoms with van der Waals surface area (Å²) in [6.45, 7) is 4.47. The normalized spacial score (nSPS) is 16.0. The van der Waals surface area contributed by atoms with E-state index in [2.05, 4.69) is 14.8 Å². The summed E-state index contributed by atoms with van der Waals surface area (Å²) in [4.78, 5) is 14.8. The molecule has 0 spiro atoms. The van der Waals surface area contributed by atoms with Crippen LogP contribution in [-0.2, 0) is 11.3 Å². The number of rotatable bonds is 6. The van der Waals surface area contributed by atoms with E-state index in [-0.39, 0.29) is 18.0 Å². The maximum absolute atomic E-state index is 12.8. The lowest BCUT2D eigenvalue weighted by atomic mass is 10.2. The summed E-state index contributed by atoms with van der Waals surface area (Å²) < 4.78 is 13.0. The van der Waals surface area contributed by atoms with Crippen molar-refractivity contribution < 1.29 is 14.3 Å². The van der Waals surface area contributed by atoms with E-state index in [9.17, 15) is 4.79 Å². The molecule has 1 unspecified atom stereocenters. The Morgan fingerprint density at radius 2 is 1.84 bits per heavy atom. The van der Waals surface area contributed by atoms with Gasteiger partial charge < -0.3 is 14.4 Å². The molecule has 2 aromatic carbocycles. The fourth-order valence-corrected chi connectivity index (χ4v) is 4.88. The van der Waals surface area contributed by atoms with Crippen LogP contribution < -0.4 is 9.47 Å². The van der Waals surface area contributed by atoms with Gasteiger partial charge in [0.15, 0.2) is 22.5 Å². The van der Waals surface area contributed by atoms with Gasteiger partial charge in [-0.15, -0.1) is 10.2 Å². The fourth-order valence-electron chi connectivity index (χ4n) is 3.94. The van der Waals surface area contributed by atoms with Crippen LogP contribution in [0.1, 0.15) is 25.3 Å². The minimum Gasteiger partial charge on any atom is -0.454 e. The van der Waals surface area contributed by atoms with Gasteiger partial charge in [0, 0.05) is 18.7 Å². The Balaban J connectivity index is 1.45. The maximum atomic E-state index is 12.8. The molecule has 1 aromatic heterocycles. The zero-order valence-electron chi connectivity index (χ0n) is 17.4. The van der Waals surface area contributed by atoms with E-state index in [0.717, 1.165) is 59.5 Å². The minimum absolute atomic E-state index is 0.168. The van der Waals surface area contributed by atoms with Gasteiger partial charge in [0.1, 0.15) is 0 Å². The molecule has 1 fully saturated rings. The number of nitrogens with zero attached hydrogens (tertiary/aromatic N) is 4. The number of ether oxygens (including phenoxy) is 2. The lowest BCUT2D eigenvalue weighted by Crippen LogP contribution is -2.34. The van der Waals surface area contributed by atoms with Crippen LogP contribution in [0.4, 0.5) is 0 Å². The van der Waals surface area contributed by atoms with E-state index in [0.29, 0.717) is 6.54 Å². The Morgan fingerprint density at radius 1 is 1.06 bits per heavy atom. The minimum atomic E-state index is -0.221.